The van der Waals surface area contributed by atoms with Crippen LogP contribution >= 0.6 is 0 Å². The van der Waals surface area contributed by atoms with Gasteiger partial charge >= 0.3 is 0 Å². The number of anilines is 1. The minimum atomic E-state index is -0.311. The zero-order valence-electron chi connectivity index (χ0n) is 16.6. The Kier molecular flexibility index (Phi) is 5.36. The second kappa shape index (κ2) is 7.55. The average Bonchev–Trinajstić information content (AvgIpc) is 2.97. The number of likely N-dealkylation sites (tertiary alicyclic amines) is 1. The first-order valence-electron chi connectivity index (χ1n) is 9.48. The summed E-state index contributed by atoms with van der Waals surface area (Å²) in [6.45, 7) is 9.46. The SMILES string of the molecule is Cc1ccccc1CN1CC(C(=O)Nc2ccccc2C(C)(C)C)CC1=O. The number of rotatable bonds is 4. The molecule has 1 atom stereocenters. The van der Waals surface area contributed by atoms with E-state index in [2.05, 4.69) is 26.1 Å². The summed E-state index contributed by atoms with van der Waals surface area (Å²) in [5, 5.41) is 3.06. The maximum absolute atomic E-state index is 12.8. The largest absolute Gasteiger partial charge is 0.338 e. The molecule has 3 rings (SSSR count). The number of carbonyl (C=O) groups excluding carboxylic acids is 2. The van der Waals surface area contributed by atoms with Crippen molar-refractivity contribution in [3.05, 3.63) is 65.2 Å². The number of carbonyl (C=O) groups is 2. The van der Waals surface area contributed by atoms with Crippen LogP contribution in [0, 0.1) is 12.8 Å². The van der Waals surface area contributed by atoms with Crippen LogP contribution in [0.25, 0.3) is 0 Å². The van der Waals surface area contributed by atoms with E-state index in [1.807, 2.05) is 55.5 Å². The molecule has 2 aromatic rings. The van der Waals surface area contributed by atoms with Gasteiger partial charge < -0.3 is 10.2 Å². The second-order valence-corrected chi connectivity index (χ2v) is 8.39. The number of nitrogens with zero attached hydrogens (tertiary/aromatic N) is 1. The van der Waals surface area contributed by atoms with Gasteiger partial charge in [0.15, 0.2) is 0 Å². The minimum absolute atomic E-state index is 0.0440. The van der Waals surface area contributed by atoms with Gasteiger partial charge in [0.2, 0.25) is 11.8 Å². The van der Waals surface area contributed by atoms with Gasteiger partial charge in [0.1, 0.15) is 0 Å². The standard InChI is InChI=1S/C23H28N2O2/c1-16-9-5-6-10-17(16)14-25-15-18(13-21(25)26)22(27)24-20-12-8-7-11-19(20)23(2,3)4/h5-12,18H,13-15H2,1-4H3,(H,24,27). The number of para-hydroxylation sites is 1. The first kappa shape index (κ1) is 19.2. The molecule has 0 aliphatic carbocycles. The van der Waals surface area contributed by atoms with Crippen molar-refractivity contribution in [3.8, 4) is 0 Å². The lowest BCUT2D eigenvalue weighted by Gasteiger charge is -2.23. The third-order valence-electron chi connectivity index (χ3n) is 5.20. The van der Waals surface area contributed by atoms with Crippen LogP contribution in [0.3, 0.4) is 0 Å². The van der Waals surface area contributed by atoms with E-state index in [-0.39, 0.29) is 29.6 Å². The predicted molar refractivity (Wildman–Crippen MR) is 108 cm³/mol. The molecule has 2 aromatic carbocycles. The Bertz CT molecular complexity index is 851. The zero-order chi connectivity index (χ0) is 19.6. The monoisotopic (exact) mass is 364 g/mol. The smallest absolute Gasteiger partial charge is 0.229 e. The molecule has 1 unspecified atom stereocenters. The van der Waals surface area contributed by atoms with Crippen molar-refractivity contribution in [1.82, 2.24) is 4.90 Å². The van der Waals surface area contributed by atoms with Crippen LogP contribution in [0.5, 0.6) is 0 Å². The second-order valence-electron chi connectivity index (χ2n) is 8.39. The van der Waals surface area contributed by atoms with E-state index >= 15 is 0 Å². The highest BCUT2D eigenvalue weighted by atomic mass is 16.2. The van der Waals surface area contributed by atoms with Crippen LogP contribution < -0.4 is 5.32 Å². The molecular weight excluding hydrogens is 336 g/mol. The van der Waals surface area contributed by atoms with Crippen molar-refractivity contribution in [2.24, 2.45) is 5.92 Å². The van der Waals surface area contributed by atoms with Gasteiger partial charge in [-0.2, -0.15) is 0 Å². The molecular formula is C23H28N2O2. The summed E-state index contributed by atoms with van der Waals surface area (Å²) in [5.41, 5.74) is 4.16. The Morgan fingerprint density at radius 3 is 2.48 bits per heavy atom. The lowest BCUT2D eigenvalue weighted by atomic mass is 9.85. The van der Waals surface area contributed by atoms with Crippen LogP contribution in [0.15, 0.2) is 48.5 Å². The number of nitrogens with one attached hydrogen (secondary N) is 1. The van der Waals surface area contributed by atoms with Gasteiger partial charge in [0.05, 0.1) is 5.92 Å². The van der Waals surface area contributed by atoms with Gasteiger partial charge in [-0.15, -0.1) is 0 Å². The molecule has 1 heterocycles. The Labute approximate surface area is 161 Å². The van der Waals surface area contributed by atoms with Gasteiger partial charge in [-0.1, -0.05) is 63.2 Å². The van der Waals surface area contributed by atoms with E-state index in [1.54, 1.807) is 4.90 Å². The highest BCUT2D eigenvalue weighted by Gasteiger charge is 2.34. The van der Waals surface area contributed by atoms with Crippen molar-refractivity contribution in [1.29, 1.82) is 0 Å². The van der Waals surface area contributed by atoms with E-state index in [1.165, 1.54) is 0 Å². The van der Waals surface area contributed by atoms with E-state index in [4.69, 9.17) is 0 Å². The molecule has 1 aliphatic rings. The van der Waals surface area contributed by atoms with Crippen LogP contribution in [0.4, 0.5) is 5.69 Å². The molecule has 4 nitrogen and oxygen atoms in total. The normalized spacial score (nSPS) is 17.3. The first-order valence-corrected chi connectivity index (χ1v) is 9.48. The van der Waals surface area contributed by atoms with E-state index in [9.17, 15) is 9.59 Å². The molecule has 0 spiro atoms. The Hall–Kier alpha value is -2.62. The zero-order valence-corrected chi connectivity index (χ0v) is 16.6. The quantitative estimate of drug-likeness (QED) is 0.880. The van der Waals surface area contributed by atoms with Gasteiger partial charge in [-0.05, 0) is 35.1 Å². The van der Waals surface area contributed by atoms with Crippen molar-refractivity contribution in [2.75, 3.05) is 11.9 Å². The van der Waals surface area contributed by atoms with Crippen LogP contribution in [-0.4, -0.2) is 23.3 Å². The third kappa shape index (κ3) is 4.38. The lowest BCUT2D eigenvalue weighted by molar-refractivity contribution is -0.128. The van der Waals surface area contributed by atoms with E-state index in [0.29, 0.717) is 13.1 Å². The lowest BCUT2D eigenvalue weighted by Crippen LogP contribution is -2.29. The Morgan fingerprint density at radius 2 is 1.78 bits per heavy atom. The van der Waals surface area contributed by atoms with Crippen LogP contribution in [0.2, 0.25) is 0 Å². The Morgan fingerprint density at radius 1 is 1.11 bits per heavy atom. The van der Waals surface area contributed by atoms with Gasteiger partial charge in [0.25, 0.3) is 0 Å². The highest BCUT2D eigenvalue weighted by molar-refractivity contribution is 5.97. The molecule has 1 aliphatic heterocycles. The molecule has 1 saturated heterocycles. The van der Waals surface area contributed by atoms with Crippen molar-refractivity contribution in [2.45, 2.75) is 46.1 Å². The number of amides is 2. The number of benzene rings is 2. The predicted octanol–water partition coefficient (Wildman–Crippen LogP) is 4.28. The first-order chi connectivity index (χ1) is 12.8. The maximum Gasteiger partial charge on any atom is 0.229 e. The van der Waals surface area contributed by atoms with Gasteiger partial charge in [0, 0.05) is 25.2 Å². The fourth-order valence-corrected chi connectivity index (χ4v) is 3.57. The summed E-state index contributed by atoms with van der Waals surface area (Å²) in [7, 11) is 0. The van der Waals surface area contributed by atoms with Crippen molar-refractivity contribution < 1.29 is 9.59 Å². The minimum Gasteiger partial charge on any atom is -0.338 e. The molecule has 27 heavy (non-hydrogen) atoms. The van der Waals surface area contributed by atoms with E-state index in [0.717, 1.165) is 22.4 Å². The maximum atomic E-state index is 12.8. The molecule has 4 heteroatoms. The van der Waals surface area contributed by atoms with Crippen LogP contribution in [0.1, 0.15) is 43.9 Å². The summed E-state index contributed by atoms with van der Waals surface area (Å²) >= 11 is 0. The average molecular weight is 364 g/mol. The van der Waals surface area contributed by atoms with Crippen molar-refractivity contribution in [3.63, 3.8) is 0 Å². The highest BCUT2D eigenvalue weighted by Crippen LogP contribution is 2.30. The number of aryl methyl sites for hydroxylation is 1. The van der Waals surface area contributed by atoms with Gasteiger partial charge in [-0.3, -0.25) is 9.59 Å². The summed E-state index contributed by atoms with van der Waals surface area (Å²) < 4.78 is 0. The number of hydrogen-bond acceptors (Lipinski definition) is 2. The summed E-state index contributed by atoms with van der Waals surface area (Å²) in [6.07, 6.45) is 0.273. The number of hydrogen-bond donors (Lipinski definition) is 1. The molecule has 0 saturated carbocycles. The molecule has 2 amide bonds. The van der Waals surface area contributed by atoms with E-state index < -0.39 is 0 Å². The molecule has 0 bridgehead atoms. The topological polar surface area (TPSA) is 49.4 Å². The third-order valence-corrected chi connectivity index (χ3v) is 5.20. The Balaban J connectivity index is 1.69. The molecule has 0 aromatic heterocycles. The van der Waals surface area contributed by atoms with Crippen molar-refractivity contribution >= 4 is 17.5 Å². The summed E-state index contributed by atoms with van der Waals surface area (Å²) in [4.78, 5) is 27.0. The molecule has 142 valence electrons. The van der Waals surface area contributed by atoms with Crippen LogP contribution in [-0.2, 0) is 21.5 Å². The summed E-state index contributed by atoms with van der Waals surface area (Å²) in [6, 6.07) is 15.9. The molecule has 1 N–H and O–H groups in total. The molecule has 0 radical (unpaired) electrons. The fraction of sp³-hybridized carbons (Fsp3) is 0.391. The molecule has 1 fully saturated rings. The summed E-state index contributed by atoms with van der Waals surface area (Å²) in [5.74, 6) is -0.343. The van der Waals surface area contributed by atoms with Gasteiger partial charge in [-0.25, -0.2) is 0 Å². The fourth-order valence-electron chi connectivity index (χ4n) is 3.57.